The number of nitrogens with zero attached hydrogens (tertiary/aromatic N) is 3. The zero-order valence-electron chi connectivity index (χ0n) is 13.3. The fourth-order valence-electron chi connectivity index (χ4n) is 3.51. The van der Waals surface area contributed by atoms with Crippen LogP contribution in [0.3, 0.4) is 0 Å². The molecule has 0 saturated carbocycles. The molecule has 0 N–H and O–H groups in total. The maximum atomic E-state index is 5.98. The summed E-state index contributed by atoms with van der Waals surface area (Å²) in [7, 11) is 0. The molecule has 1 saturated heterocycles. The van der Waals surface area contributed by atoms with Crippen LogP contribution in [0.5, 0.6) is 0 Å². The lowest BCUT2D eigenvalue weighted by Gasteiger charge is -2.29. The topological polar surface area (TPSA) is 28.0 Å². The van der Waals surface area contributed by atoms with Crippen molar-refractivity contribution in [3.8, 4) is 0 Å². The summed E-state index contributed by atoms with van der Waals surface area (Å²) in [5.74, 6) is -0.422. The van der Waals surface area contributed by atoms with E-state index in [9.17, 15) is 0 Å². The van der Waals surface area contributed by atoms with Crippen molar-refractivity contribution >= 4 is 11.6 Å². The number of rotatable bonds is 3. The molecule has 2 heterocycles. The highest BCUT2D eigenvalue weighted by molar-refractivity contribution is 6.30. The number of hydrogen-bond donors (Lipinski definition) is 0. The summed E-state index contributed by atoms with van der Waals surface area (Å²) < 4.78 is 0. The van der Waals surface area contributed by atoms with Gasteiger partial charge in [0.1, 0.15) is 0 Å². The molecule has 1 unspecified atom stereocenters. The van der Waals surface area contributed by atoms with Gasteiger partial charge in [0.2, 0.25) is 5.79 Å². The first-order valence-corrected chi connectivity index (χ1v) is 8.59. The van der Waals surface area contributed by atoms with Gasteiger partial charge in [-0.3, -0.25) is 4.90 Å². The van der Waals surface area contributed by atoms with Gasteiger partial charge in [0.05, 0.1) is 10.7 Å². The monoisotopic (exact) mass is 325 g/mol. The zero-order valence-corrected chi connectivity index (χ0v) is 14.1. The molecule has 2 aromatic rings. The Labute approximate surface area is 141 Å². The summed E-state index contributed by atoms with van der Waals surface area (Å²) in [6.07, 6.45) is 3.35. The highest BCUT2D eigenvalue weighted by Crippen LogP contribution is 2.24. The molecule has 2 aliphatic heterocycles. The number of benzene rings is 2. The molecule has 0 aliphatic carbocycles. The molecular weight excluding hydrogens is 306 g/mol. The minimum absolute atomic E-state index is 0.422. The molecule has 4 rings (SSSR count). The average Bonchev–Trinajstić information content (AvgIpc) is 3.18. The van der Waals surface area contributed by atoms with Crippen molar-refractivity contribution in [1.82, 2.24) is 4.90 Å². The Balaban J connectivity index is 1.72. The first-order valence-electron chi connectivity index (χ1n) is 8.21. The second kappa shape index (κ2) is 5.73. The van der Waals surface area contributed by atoms with Crippen LogP contribution in [-0.2, 0) is 6.42 Å². The van der Waals surface area contributed by atoms with E-state index in [1.807, 2.05) is 12.1 Å². The molecule has 1 fully saturated rings. The van der Waals surface area contributed by atoms with E-state index < -0.39 is 5.79 Å². The molecule has 2 aliphatic rings. The molecule has 23 heavy (non-hydrogen) atoms. The molecule has 0 radical (unpaired) electrons. The molecule has 4 heteroatoms. The third-order valence-electron chi connectivity index (χ3n) is 4.77. The molecule has 0 aromatic heterocycles. The van der Waals surface area contributed by atoms with Crippen LogP contribution in [-0.4, -0.2) is 23.8 Å². The maximum Gasteiger partial charge on any atom is 0.205 e. The highest BCUT2D eigenvalue weighted by Gasteiger charge is 2.34. The Morgan fingerprint density at radius 2 is 1.78 bits per heavy atom. The normalized spacial score (nSPS) is 23.4. The minimum atomic E-state index is -0.422. The SMILES string of the molecule is CC1(N2CCCC2)N=c2cccc(Cc3ccc(Cl)cc3)c2=N1. The van der Waals surface area contributed by atoms with Gasteiger partial charge in [-0.1, -0.05) is 35.9 Å². The van der Waals surface area contributed by atoms with E-state index in [2.05, 4.69) is 42.2 Å². The molecule has 0 amide bonds. The van der Waals surface area contributed by atoms with Gasteiger partial charge in [-0.2, -0.15) is 0 Å². The first-order chi connectivity index (χ1) is 11.1. The van der Waals surface area contributed by atoms with Crippen molar-refractivity contribution in [2.75, 3.05) is 13.1 Å². The van der Waals surface area contributed by atoms with Crippen LogP contribution < -0.4 is 10.7 Å². The number of hydrogen-bond acceptors (Lipinski definition) is 3. The summed E-state index contributed by atoms with van der Waals surface area (Å²) in [5.41, 5.74) is 2.48. The molecule has 0 spiro atoms. The van der Waals surface area contributed by atoms with Gasteiger partial charge in [0.15, 0.2) is 0 Å². The van der Waals surface area contributed by atoms with Gasteiger partial charge in [-0.15, -0.1) is 0 Å². The number of likely N-dealkylation sites (tertiary alicyclic amines) is 1. The van der Waals surface area contributed by atoms with Crippen LogP contribution in [0.15, 0.2) is 52.4 Å². The van der Waals surface area contributed by atoms with Crippen molar-refractivity contribution in [2.45, 2.75) is 32.0 Å². The zero-order chi connectivity index (χ0) is 15.9. The van der Waals surface area contributed by atoms with E-state index in [4.69, 9.17) is 21.6 Å². The van der Waals surface area contributed by atoms with E-state index in [-0.39, 0.29) is 0 Å². The van der Waals surface area contributed by atoms with Gasteiger partial charge < -0.3 is 0 Å². The van der Waals surface area contributed by atoms with E-state index in [1.54, 1.807) is 0 Å². The molecule has 3 nitrogen and oxygen atoms in total. The molecule has 0 bridgehead atoms. The average molecular weight is 326 g/mol. The van der Waals surface area contributed by atoms with Crippen LogP contribution in [0, 0.1) is 0 Å². The summed E-state index contributed by atoms with van der Waals surface area (Å²) in [6, 6.07) is 14.3. The quantitative estimate of drug-likeness (QED) is 0.852. The second-order valence-electron chi connectivity index (χ2n) is 6.48. The van der Waals surface area contributed by atoms with E-state index in [0.29, 0.717) is 0 Å². The van der Waals surface area contributed by atoms with Crippen LogP contribution >= 0.6 is 11.6 Å². The van der Waals surface area contributed by atoms with Crippen molar-refractivity contribution < 1.29 is 0 Å². The van der Waals surface area contributed by atoms with Gasteiger partial charge >= 0.3 is 0 Å². The number of fused-ring (bicyclic) bond motifs is 1. The fourth-order valence-corrected chi connectivity index (χ4v) is 3.64. The van der Waals surface area contributed by atoms with Gasteiger partial charge in [-0.05, 0) is 55.5 Å². The number of halogens is 1. The highest BCUT2D eigenvalue weighted by atomic mass is 35.5. The van der Waals surface area contributed by atoms with E-state index >= 15 is 0 Å². The Morgan fingerprint density at radius 3 is 2.52 bits per heavy atom. The van der Waals surface area contributed by atoms with Crippen LogP contribution in [0.4, 0.5) is 0 Å². The minimum Gasteiger partial charge on any atom is -0.261 e. The molecule has 2 aromatic carbocycles. The van der Waals surface area contributed by atoms with Crippen molar-refractivity contribution in [3.63, 3.8) is 0 Å². The Morgan fingerprint density at radius 1 is 1.04 bits per heavy atom. The van der Waals surface area contributed by atoms with Crippen molar-refractivity contribution in [3.05, 3.63) is 69.3 Å². The lowest BCUT2D eigenvalue weighted by atomic mass is 10.0. The third-order valence-corrected chi connectivity index (χ3v) is 5.02. The second-order valence-corrected chi connectivity index (χ2v) is 6.91. The summed E-state index contributed by atoms with van der Waals surface area (Å²) in [6.45, 7) is 4.30. The smallest absolute Gasteiger partial charge is 0.205 e. The van der Waals surface area contributed by atoms with Crippen LogP contribution in [0.2, 0.25) is 5.02 Å². The third kappa shape index (κ3) is 2.79. The largest absolute Gasteiger partial charge is 0.261 e. The lowest BCUT2D eigenvalue weighted by molar-refractivity contribution is 0.152. The maximum absolute atomic E-state index is 5.98. The molecule has 1 atom stereocenters. The van der Waals surface area contributed by atoms with Crippen molar-refractivity contribution in [2.24, 2.45) is 9.98 Å². The van der Waals surface area contributed by atoms with Gasteiger partial charge in [0, 0.05) is 18.1 Å². The Kier molecular flexibility index (Phi) is 3.70. The summed E-state index contributed by atoms with van der Waals surface area (Å²) in [4.78, 5) is 12.3. The molecule has 118 valence electrons. The van der Waals surface area contributed by atoms with E-state index in [0.717, 1.165) is 35.2 Å². The summed E-state index contributed by atoms with van der Waals surface area (Å²) >= 11 is 5.98. The van der Waals surface area contributed by atoms with Crippen molar-refractivity contribution in [1.29, 1.82) is 0 Å². The van der Waals surface area contributed by atoms with Crippen LogP contribution in [0.1, 0.15) is 30.9 Å². The number of para-hydroxylation sites is 1. The van der Waals surface area contributed by atoms with E-state index in [1.165, 1.54) is 24.0 Å². The summed E-state index contributed by atoms with van der Waals surface area (Å²) in [5, 5.41) is 2.84. The Hall–Kier alpha value is -1.71. The standard InChI is InChI=1S/C19H20ClN3/c1-19(23-11-2-3-12-23)21-17-6-4-5-15(18(17)22-19)13-14-7-9-16(20)10-8-14/h4-10H,2-3,11-13H2,1H3. The fraction of sp³-hybridized carbons (Fsp3) is 0.368. The predicted molar refractivity (Wildman–Crippen MR) is 92.2 cm³/mol. The van der Waals surface area contributed by atoms with Crippen LogP contribution in [0.25, 0.3) is 0 Å². The predicted octanol–water partition coefficient (Wildman–Crippen LogP) is 2.95. The molecular formula is C19H20ClN3. The van der Waals surface area contributed by atoms with Gasteiger partial charge in [-0.25, -0.2) is 9.98 Å². The van der Waals surface area contributed by atoms with Gasteiger partial charge in [0.25, 0.3) is 0 Å². The Bertz CT molecular complexity index is 838. The first kappa shape index (κ1) is 14.9. The lowest BCUT2D eigenvalue weighted by Crippen LogP contribution is -2.40.